The van der Waals surface area contributed by atoms with Crippen molar-refractivity contribution in [2.45, 2.75) is 19.4 Å². The number of carbonyl (C=O) groups excluding carboxylic acids is 1. The molecule has 0 spiro atoms. The van der Waals surface area contributed by atoms with Gasteiger partial charge in [-0.1, -0.05) is 55.2 Å². The van der Waals surface area contributed by atoms with Gasteiger partial charge in [0, 0.05) is 22.9 Å². The number of halogens is 1. The van der Waals surface area contributed by atoms with Crippen LogP contribution < -0.4 is 11.5 Å². The molecule has 2 heterocycles. The van der Waals surface area contributed by atoms with Gasteiger partial charge in [0.1, 0.15) is 17.7 Å². The number of benzene rings is 2. The molecule has 0 aliphatic carbocycles. The lowest BCUT2D eigenvalue weighted by Gasteiger charge is -2.13. The summed E-state index contributed by atoms with van der Waals surface area (Å²) in [7, 11) is 0. The van der Waals surface area contributed by atoms with E-state index in [-0.39, 0.29) is 22.8 Å². The third-order valence-electron chi connectivity index (χ3n) is 5.33. The van der Waals surface area contributed by atoms with E-state index in [1.165, 1.54) is 18.3 Å². The van der Waals surface area contributed by atoms with E-state index in [2.05, 4.69) is 26.8 Å². The van der Waals surface area contributed by atoms with Crippen molar-refractivity contribution in [2.75, 3.05) is 11.5 Å². The zero-order chi connectivity index (χ0) is 24.9. The average molecular weight is 468 g/mol. The molecule has 0 bridgehead atoms. The predicted molar refractivity (Wildman–Crippen MR) is 132 cm³/mol. The molecule has 7 nitrogen and oxygen atoms in total. The predicted octanol–water partition coefficient (Wildman–Crippen LogP) is 3.72. The first-order valence-corrected chi connectivity index (χ1v) is 10.8. The summed E-state index contributed by atoms with van der Waals surface area (Å²) in [5, 5.41) is 10.4. The number of aryl methyl sites for hydroxylation is 1. The molecule has 35 heavy (non-hydrogen) atoms. The Morgan fingerprint density at radius 2 is 1.83 bits per heavy atom. The van der Waals surface area contributed by atoms with E-state index < -0.39 is 17.7 Å². The van der Waals surface area contributed by atoms with E-state index in [1.54, 1.807) is 42.5 Å². The van der Waals surface area contributed by atoms with Crippen LogP contribution in [0.15, 0.2) is 66.9 Å². The van der Waals surface area contributed by atoms with Crippen LogP contribution in [0.25, 0.3) is 11.3 Å². The van der Waals surface area contributed by atoms with Gasteiger partial charge >= 0.3 is 0 Å². The largest absolute Gasteiger partial charge is 0.384 e. The van der Waals surface area contributed by atoms with Gasteiger partial charge in [-0.2, -0.15) is 0 Å². The van der Waals surface area contributed by atoms with E-state index in [0.29, 0.717) is 34.6 Å². The molecular formula is C27H22FN5O2. The highest BCUT2D eigenvalue weighted by atomic mass is 19.1. The van der Waals surface area contributed by atoms with Crippen LogP contribution in [-0.2, 0) is 6.42 Å². The van der Waals surface area contributed by atoms with Crippen molar-refractivity contribution in [2.24, 2.45) is 0 Å². The lowest BCUT2D eigenvalue weighted by molar-refractivity contribution is 0.0747. The van der Waals surface area contributed by atoms with Crippen LogP contribution >= 0.6 is 0 Å². The number of pyridine rings is 1. The van der Waals surface area contributed by atoms with Gasteiger partial charge in [-0.05, 0) is 36.2 Å². The standard InChI is InChI=1S/C27H22FN5O2/c1-2-22-20(11-8-16-9-13-23(29)31-15-16)24(33-27(30)32-22)19-12-10-18(14-21(19)28)26(35)25(34)17-6-4-3-5-7-17/h3-7,9-10,12-15,25,34H,2H2,1H3,(H2,29,31)(H2,30,32,33). The van der Waals surface area contributed by atoms with Crippen molar-refractivity contribution in [1.29, 1.82) is 0 Å². The fourth-order valence-electron chi connectivity index (χ4n) is 3.53. The van der Waals surface area contributed by atoms with Crippen LogP contribution in [0.4, 0.5) is 16.2 Å². The molecule has 2 aromatic heterocycles. The number of nitrogen functional groups attached to an aromatic ring is 2. The lowest BCUT2D eigenvalue weighted by atomic mass is 9.96. The van der Waals surface area contributed by atoms with E-state index in [1.807, 2.05) is 6.92 Å². The zero-order valence-corrected chi connectivity index (χ0v) is 18.9. The Balaban J connectivity index is 1.75. The second kappa shape index (κ2) is 10.1. The van der Waals surface area contributed by atoms with Crippen LogP contribution in [0.3, 0.4) is 0 Å². The minimum atomic E-state index is -1.40. The molecule has 0 saturated heterocycles. The van der Waals surface area contributed by atoms with Crippen LogP contribution in [0.2, 0.25) is 0 Å². The molecule has 0 aliphatic heterocycles. The topological polar surface area (TPSA) is 128 Å². The molecular weight excluding hydrogens is 445 g/mol. The fourth-order valence-corrected chi connectivity index (χ4v) is 3.53. The minimum absolute atomic E-state index is 0.0180. The summed E-state index contributed by atoms with van der Waals surface area (Å²) in [6.45, 7) is 1.88. The number of nitrogens with zero attached hydrogens (tertiary/aromatic N) is 3. The van der Waals surface area contributed by atoms with Crippen molar-refractivity contribution < 1.29 is 14.3 Å². The third-order valence-corrected chi connectivity index (χ3v) is 5.33. The van der Waals surface area contributed by atoms with Crippen molar-refractivity contribution in [3.8, 4) is 23.1 Å². The van der Waals surface area contributed by atoms with Crippen LogP contribution in [0, 0.1) is 17.7 Å². The Kier molecular flexibility index (Phi) is 6.81. The van der Waals surface area contributed by atoms with Gasteiger partial charge in [-0.25, -0.2) is 19.3 Å². The molecule has 8 heteroatoms. The Hall–Kier alpha value is -4.61. The van der Waals surface area contributed by atoms with Crippen LogP contribution in [-0.4, -0.2) is 25.8 Å². The van der Waals surface area contributed by atoms with E-state index in [9.17, 15) is 9.90 Å². The fraction of sp³-hybridized carbons (Fsp3) is 0.111. The van der Waals surface area contributed by atoms with Gasteiger partial charge in [0.2, 0.25) is 5.95 Å². The maximum Gasteiger partial charge on any atom is 0.220 e. The first kappa shape index (κ1) is 23.5. The molecule has 1 atom stereocenters. The summed E-state index contributed by atoms with van der Waals surface area (Å²) in [6.07, 6.45) is 0.619. The van der Waals surface area contributed by atoms with Crippen LogP contribution in [0.5, 0.6) is 0 Å². The SMILES string of the molecule is CCc1nc(N)nc(-c2ccc(C(=O)C(O)c3ccccc3)cc2F)c1C#Cc1ccc(N)nc1. The smallest absolute Gasteiger partial charge is 0.220 e. The quantitative estimate of drug-likeness (QED) is 0.301. The van der Waals surface area contributed by atoms with E-state index in [4.69, 9.17) is 11.5 Å². The second-order valence-corrected chi connectivity index (χ2v) is 7.70. The number of aliphatic hydroxyl groups excluding tert-OH is 1. The summed E-state index contributed by atoms with van der Waals surface area (Å²) < 4.78 is 15.3. The number of rotatable bonds is 5. The number of aromatic nitrogens is 3. The molecule has 0 amide bonds. The minimum Gasteiger partial charge on any atom is -0.384 e. The van der Waals surface area contributed by atoms with E-state index >= 15 is 4.39 Å². The summed E-state index contributed by atoms with van der Waals surface area (Å²) in [5.74, 6) is 5.03. The van der Waals surface area contributed by atoms with Crippen molar-refractivity contribution in [3.63, 3.8) is 0 Å². The highest BCUT2D eigenvalue weighted by Gasteiger charge is 2.22. The first-order valence-electron chi connectivity index (χ1n) is 10.8. The molecule has 4 aromatic rings. The Labute approximate surface area is 201 Å². The maximum atomic E-state index is 15.3. The molecule has 5 N–H and O–H groups in total. The molecule has 0 saturated carbocycles. The Morgan fingerprint density at radius 1 is 1.06 bits per heavy atom. The second-order valence-electron chi connectivity index (χ2n) is 7.70. The molecule has 174 valence electrons. The third kappa shape index (κ3) is 5.16. The van der Waals surface area contributed by atoms with Gasteiger partial charge in [0.15, 0.2) is 5.78 Å². The highest BCUT2D eigenvalue weighted by Crippen LogP contribution is 2.29. The van der Waals surface area contributed by atoms with Gasteiger partial charge in [-0.15, -0.1) is 0 Å². The van der Waals surface area contributed by atoms with Gasteiger partial charge in [0.25, 0.3) is 0 Å². The number of Topliss-reactive ketones (excluding diaryl/α,β-unsaturated/α-hetero) is 1. The zero-order valence-electron chi connectivity index (χ0n) is 18.9. The molecule has 4 rings (SSSR count). The number of anilines is 2. The molecule has 0 aliphatic rings. The number of ketones is 1. The number of nitrogens with two attached hydrogens (primary N) is 2. The molecule has 2 aromatic carbocycles. The summed E-state index contributed by atoms with van der Waals surface area (Å²) in [4.78, 5) is 25.3. The number of aliphatic hydroxyl groups is 1. The van der Waals surface area contributed by atoms with Crippen molar-refractivity contribution in [1.82, 2.24) is 15.0 Å². The average Bonchev–Trinajstić information content (AvgIpc) is 2.88. The Morgan fingerprint density at radius 3 is 2.49 bits per heavy atom. The summed E-state index contributed by atoms with van der Waals surface area (Å²) in [5.41, 5.74) is 13.9. The number of hydrogen-bond donors (Lipinski definition) is 3. The van der Waals surface area contributed by atoms with Crippen molar-refractivity contribution >= 4 is 17.5 Å². The first-order chi connectivity index (χ1) is 16.9. The van der Waals surface area contributed by atoms with Crippen LogP contribution in [0.1, 0.15) is 45.8 Å². The molecule has 0 fully saturated rings. The Bertz CT molecular complexity index is 1440. The lowest BCUT2D eigenvalue weighted by Crippen LogP contribution is -2.13. The molecule has 0 radical (unpaired) electrons. The molecule has 1 unspecified atom stereocenters. The maximum absolute atomic E-state index is 15.3. The van der Waals surface area contributed by atoms with Gasteiger partial charge in [-0.3, -0.25) is 4.79 Å². The number of carbonyl (C=O) groups is 1. The number of hydrogen-bond acceptors (Lipinski definition) is 7. The van der Waals surface area contributed by atoms with Gasteiger partial charge < -0.3 is 16.6 Å². The normalized spacial score (nSPS) is 11.4. The highest BCUT2D eigenvalue weighted by molar-refractivity contribution is 6.00. The van der Waals surface area contributed by atoms with Crippen molar-refractivity contribution in [3.05, 3.63) is 101 Å². The van der Waals surface area contributed by atoms with E-state index in [0.717, 1.165) is 6.07 Å². The monoisotopic (exact) mass is 467 g/mol. The summed E-state index contributed by atoms with van der Waals surface area (Å²) in [6, 6.07) is 15.8. The summed E-state index contributed by atoms with van der Waals surface area (Å²) >= 11 is 0. The van der Waals surface area contributed by atoms with Gasteiger partial charge in [0.05, 0.1) is 17.0 Å².